The molecule has 1 aliphatic heterocycles. The van der Waals surface area contributed by atoms with Crippen molar-refractivity contribution < 1.29 is 14.3 Å². The standard InChI is InChI=1S/C20H25N5O3/c1-2-28-20(27)25-12-10-16(11-13-25)22-18-9-8-17(14-21-18)24-19(26)23-15-6-4-3-5-7-15/h3-9,14,16H,2,10-13H2,1H3,(H,21,22)(H2,23,24,26). The number of aromatic nitrogens is 1. The van der Waals surface area contributed by atoms with E-state index in [1.807, 2.05) is 43.3 Å². The summed E-state index contributed by atoms with van der Waals surface area (Å²) >= 11 is 0. The van der Waals surface area contributed by atoms with Crippen LogP contribution in [0.3, 0.4) is 0 Å². The maximum absolute atomic E-state index is 12.0. The first-order valence-corrected chi connectivity index (χ1v) is 9.41. The van der Waals surface area contributed by atoms with E-state index in [9.17, 15) is 9.59 Å². The van der Waals surface area contributed by atoms with Crippen molar-refractivity contribution in [2.24, 2.45) is 0 Å². The van der Waals surface area contributed by atoms with Gasteiger partial charge in [0.1, 0.15) is 5.82 Å². The summed E-state index contributed by atoms with van der Waals surface area (Å²) in [6.07, 6.45) is 3.03. The van der Waals surface area contributed by atoms with Crippen LogP contribution in [0.25, 0.3) is 0 Å². The Morgan fingerprint density at radius 3 is 2.43 bits per heavy atom. The molecular formula is C20H25N5O3. The molecule has 2 aromatic rings. The predicted octanol–water partition coefficient (Wildman–Crippen LogP) is 3.76. The molecule has 1 fully saturated rings. The van der Waals surface area contributed by atoms with Crippen LogP contribution in [0.2, 0.25) is 0 Å². The molecule has 3 rings (SSSR count). The fourth-order valence-electron chi connectivity index (χ4n) is 3.00. The van der Waals surface area contributed by atoms with Gasteiger partial charge in [-0.3, -0.25) is 0 Å². The van der Waals surface area contributed by atoms with Gasteiger partial charge in [-0.15, -0.1) is 0 Å². The SMILES string of the molecule is CCOC(=O)N1CCC(Nc2ccc(NC(=O)Nc3ccccc3)cn2)CC1. The van der Waals surface area contributed by atoms with Crippen molar-refractivity contribution in [1.82, 2.24) is 9.88 Å². The second-order valence-corrected chi connectivity index (χ2v) is 6.48. The maximum atomic E-state index is 12.0. The van der Waals surface area contributed by atoms with Gasteiger partial charge in [0.15, 0.2) is 0 Å². The van der Waals surface area contributed by atoms with Crippen LogP contribution in [0, 0.1) is 0 Å². The Labute approximate surface area is 164 Å². The first kappa shape index (κ1) is 19.5. The molecule has 0 unspecified atom stereocenters. The molecule has 1 aromatic heterocycles. The zero-order chi connectivity index (χ0) is 19.8. The van der Waals surface area contributed by atoms with E-state index in [1.165, 1.54) is 0 Å². The number of nitrogens with zero attached hydrogens (tertiary/aromatic N) is 2. The van der Waals surface area contributed by atoms with Crippen LogP contribution < -0.4 is 16.0 Å². The van der Waals surface area contributed by atoms with E-state index < -0.39 is 0 Å². The number of anilines is 3. The Morgan fingerprint density at radius 2 is 1.79 bits per heavy atom. The molecule has 148 valence electrons. The molecule has 0 spiro atoms. The van der Waals surface area contributed by atoms with E-state index in [4.69, 9.17) is 4.74 Å². The molecule has 1 saturated heterocycles. The lowest BCUT2D eigenvalue weighted by molar-refractivity contribution is 0.0983. The summed E-state index contributed by atoms with van der Waals surface area (Å²) in [5.41, 5.74) is 1.33. The van der Waals surface area contributed by atoms with Crippen molar-refractivity contribution in [3.63, 3.8) is 0 Å². The number of urea groups is 1. The number of rotatable bonds is 5. The zero-order valence-electron chi connectivity index (χ0n) is 15.9. The summed E-state index contributed by atoms with van der Waals surface area (Å²) in [5.74, 6) is 0.739. The summed E-state index contributed by atoms with van der Waals surface area (Å²) in [6, 6.07) is 12.8. The number of hydrogen-bond donors (Lipinski definition) is 3. The number of amides is 3. The number of para-hydroxylation sites is 1. The molecule has 0 radical (unpaired) electrons. The van der Waals surface area contributed by atoms with Gasteiger partial charge in [0.25, 0.3) is 0 Å². The van der Waals surface area contributed by atoms with E-state index in [0.717, 1.165) is 24.3 Å². The largest absolute Gasteiger partial charge is 0.450 e. The Morgan fingerprint density at radius 1 is 1.07 bits per heavy atom. The Bertz CT molecular complexity index is 774. The predicted molar refractivity (Wildman–Crippen MR) is 109 cm³/mol. The van der Waals surface area contributed by atoms with Gasteiger partial charge in [-0.1, -0.05) is 18.2 Å². The van der Waals surface area contributed by atoms with Crippen molar-refractivity contribution in [3.8, 4) is 0 Å². The third-order valence-electron chi connectivity index (χ3n) is 4.43. The van der Waals surface area contributed by atoms with Crippen molar-refractivity contribution in [2.45, 2.75) is 25.8 Å². The van der Waals surface area contributed by atoms with Gasteiger partial charge >= 0.3 is 12.1 Å². The van der Waals surface area contributed by atoms with Gasteiger partial charge in [0.2, 0.25) is 0 Å². The molecular weight excluding hydrogens is 358 g/mol. The first-order valence-electron chi connectivity index (χ1n) is 9.41. The van der Waals surface area contributed by atoms with E-state index in [2.05, 4.69) is 20.9 Å². The highest BCUT2D eigenvalue weighted by molar-refractivity contribution is 5.99. The number of likely N-dealkylation sites (tertiary alicyclic amines) is 1. The fraction of sp³-hybridized carbons (Fsp3) is 0.350. The fourth-order valence-corrected chi connectivity index (χ4v) is 3.00. The topological polar surface area (TPSA) is 95.6 Å². The van der Waals surface area contributed by atoms with Crippen molar-refractivity contribution in [3.05, 3.63) is 48.7 Å². The molecule has 8 heteroatoms. The molecule has 0 saturated carbocycles. The molecule has 0 atom stereocenters. The first-order chi connectivity index (χ1) is 13.6. The number of piperidine rings is 1. The van der Waals surface area contributed by atoms with Gasteiger partial charge in [0, 0.05) is 24.8 Å². The van der Waals surface area contributed by atoms with Crippen LogP contribution >= 0.6 is 0 Å². The van der Waals surface area contributed by atoms with Crippen LogP contribution in [0.4, 0.5) is 26.8 Å². The van der Waals surface area contributed by atoms with Crippen LogP contribution in [-0.2, 0) is 4.74 Å². The zero-order valence-corrected chi connectivity index (χ0v) is 15.9. The number of nitrogens with one attached hydrogen (secondary N) is 3. The Kier molecular flexibility index (Phi) is 6.67. The molecule has 0 bridgehead atoms. The molecule has 3 N–H and O–H groups in total. The van der Waals surface area contributed by atoms with Crippen LogP contribution in [0.1, 0.15) is 19.8 Å². The summed E-state index contributed by atoms with van der Waals surface area (Å²) in [7, 11) is 0. The van der Waals surface area contributed by atoms with Crippen molar-refractivity contribution >= 4 is 29.3 Å². The second-order valence-electron chi connectivity index (χ2n) is 6.48. The van der Waals surface area contributed by atoms with E-state index >= 15 is 0 Å². The smallest absolute Gasteiger partial charge is 0.409 e. The lowest BCUT2D eigenvalue weighted by Gasteiger charge is -2.31. The average Bonchev–Trinajstić information content (AvgIpc) is 2.71. The molecule has 8 nitrogen and oxygen atoms in total. The highest BCUT2D eigenvalue weighted by atomic mass is 16.6. The number of benzene rings is 1. The summed E-state index contributed by atoms with van der Waals surface area (Å²) in [4.78, 5) is 29.8. The Balaban J connectivity index is 1.44. The number of carbonyl (C=O) groups is 2. The van der Waals surface area contributed by atoms with Gasteiger partial charge in [0.05, 0.1) is 18.5 Å². The normalized spacial score (nSPS) is 14.2. The van der Waals surface area contributed by atoms with Gasteiger partial charge < -0.3 is 25.6 Å². The lowest BCUT2D eigenvalue weighted by Crippen LogP contribution is -2.42. The van der Waals surface area contributed by atoms with Gasteiger partial charge in [-0.25, -0.2) is 14.6 Å². The van der Waals surface area contributed by atoms with Gasteiger partial charge in [-0.05, 0) is 44.0 Å². The molecule has 0 aliphatic carbocycles. The monoisotopic (exact) mass is 383 g/mol. The number of pyridine rings is 1. The van der Waals surface area contributed by atoms with E-state index in [1.54, 1.807) is 17.2 Å². The molecule has 28 heavy (non-hydrogen) atoms. The minimum atomic E-state index is -0.319. The minimum absolute atomic E-state index is 0.247. The van der Waals surface area contributed by atoms with Crippen LogP contribution in [0.5, 0.6) is 0 Å². The van der Waals surface area contributed by atoms with Crippen molar-refractivity contribution in [1.29, 1.82) is 0 Å². The lowest BCUT2D eigenvalue weighted by atomic mass is 10.1. The molecule has 1 aromatic carbocycles. The highest BCUT2D eigenvalue weighted by Gasteiger charge is 2.23. The quantitative estimate of drug-likeness (QED) is 0.731. The number of ether oxygens (including phenoxy) is 1. The van der Waals surface area contributed by atoms with Crippen molar-refractivity contribution in [2.75, 3.05) is 35.6 Å². The summed E-state index contributed by atoms with van der Waals surface area (Å²) in [5, 5.41) is 8.88. The third kappa shape index (κ3) is 5.60. The van der Waals surface area contributed by atoms with Crippen LogP contribution in [0.15, 0.2) is 48.7 Å². The molecule has 1 aliphatic rings. The summed E-state index contributed by atoms with van der Waals surface area (Å²) < 4.78 is 5.03. The van der Waals surface area contributed by atoms with Gasteiger partial charge in [-0.2, -0.15) is 0 Å². The van der Waals surface area contributed by atoms with E-state index in [-0.39, 0.29) is 18.2 Å². The maximum Gasteiger partial charge on any atom is 0.409 e. The average molecular weight is 383 g/mol. The third-order valence-corrected chi connectivity index (χ3v) is 4.43. The van der Waals surface area contributed by atoms with E-state index in [0.29, 0.717) is 25.4 Å². The van der Waals surface area contributed by atoms with Crippen LogP contribution in [-0.4, -0.2) is 47.7 Å². The Hall–Kier alpha value is -3.29. The highest BCUT2D eigenvalue weighted by Crippen LogP contribution is 2.17. The molecule has 2 heterocycles. The number of carbonyl (C=O) groups excluding carboxylic acids is 2. The minimum Gasteiger partial charge on any atom is -0.450 e. The second kappa shape index (κ2) is 9.59. The summed E-state index contributed by atoms with van der Waals surface area (Å²) in [6.45, 7) is 3.53. The number of hydrogen-bond acceptors (Lipinski definition) is 5. The molecule has 3 amide bonds.